The number of aromatic amines is 1. The monoisotopic (exact) mass is 256 g/mol. The number of hydrogen-bond donors (Lipinski definition) is 1. The van der Waals surface area contributed by atoms with Crippen molar-refractivity contribution in [2.24, 2.45) is 0 Å². The van der Waals surface area contributed by atoms with Crippen LogP contribution in [-0.2, 0) is 16.0 Å². The average Bonchev–Trinajstić information content (AvgIpc) is 2.28. The van der Waals surface area contributed by atoms with E-state index in [2.05, 4.69) is 9.97 Å². The van der Waals surface area contributed by atoms with Gasteiger partial charge in [0.2, 0.25) is 0 Å². The SMILES string of the molecule is CCOC(=O)[C@@H](C)Sc1nc(CC)cc(=O)[nH]1. The summed E-state index contributed by atoms with van der Waals surface area (Å²) in [4.78, 5) is 29.6. The summed E-state index contributed by atoms with van der Waals surface area (Å²) >= 11 is 1.19. The van der Waals surface area contributed by atoms with Crippen LogP contribution >= 0.6 is 11.8 Å². The lowest BCUT2D eigenvalue weighted by Gasteiger charge is -2.09. The Balaban J connectivity index is 2.77. The summed E-state index contributed by atoms with van der Waals surface area (Å²) in [6.07, 6.45) is 0.686. The number of hydrogen-bond acceptors (Lipinski definition) is 5. The molecule has 94 valence electrons. The molecule has 0 radical (unpaired) electrons. The molecule has 0 saturated heterocycles. The van der Waals surface area contributed by atoms with E-state index in [0.29, 0.717) is 23.9 Å². The van der Waals surface area contributed by atoms with Crippen molar-refractivity contribution in [1.82, 2.24) is 9.97 Å². The summed E-state index contributed by atoms with van der Waals surface area (Å²) in [7, 11) is 0. The minimum absolute atomic E-state index is 0.199. The predicted molar refractivity (Wildman–Crippen MR) is 66.2 cm³/mol. The van der Waals surface area contributed by atoms with Gasteiger partial charge < -0.3 is 9.72 Å². The standard InChI is InChI=1S/C11H16N2O3S/c1-4-8-6-9(14)13-11(12-8)17-7(3)10(15)16-5-2/h6-7H,4-5H2,1-3H3,(H,12,13,14)/t7-/m1/s1. The second-order valence-corrected chi connectivity index (χ2v) is 4.74. The van der Waals surface area contributed by atoms with Gasteiger partial charge >= 0.3 is 5.97 Å². The molecule has 17 heavy (non-hydrogen) atoms. The molecule has 1 atom stereocenters. The highest BCUT2D eigenvalue weighted by molar-refractivity contribution is 8.00. The van der Waals surface area contributed by atoms with Crippen molar-refractivity contribution in [2.75, 3.05) is 6.61 Å². The molecule has 0 unspecified atom stereocenters. The number of rotatable bonds is 5. The molecule has 0 aliphatic heterocycles. The highest BCUT2D eigenvalue weighted by Gasteiger charge is 2.16. The lowest BCUT2D eigenvalue weighted by Crippen LogP contribution is -2.18. The zero-order valence-corrected chi connectivity index (χ0v) is 11.0. The second kappa shape index (κ2) is 6.44. The van der Waals surface area contributed by atoms with Gasteiger partial charge in [-0.15, -0.1) is 0 Å². The first-order valence-corrected chi connectivity index (χ1v) is 6.38. The third kappa shape index (κ3) is 4.22. The maximum absolute atomic E-state index is 11.4. The number of H-pyrrole nitrogens is 1. The van der Waals surface area contributed by atoms with Crippen LogP contribution in [0.3, 0.4) is 0 Å². The number of nitrogens with one attached hydrogen (secondary N) is 1. The number of carbonyl (C=O) groups is 1. The molecular formula is C11H16N2O3S. The number of thioether (sulfide) groups is 1. The van der Waals surface area contributed by atoms with E-state index in [9.17, 15) is 9.59 Å². The lowest BCUT2D eigenvalue weighted by molar-refractivity contribution is -0.142. The summed E-state index contributed by atoms with van der Waals surface area (Å²) in [5.41, 5.74) is 0.516. The quantitative estimate of drug-likeness (QED) is 0.489. The Morgan fingerprint density at radius 3 is 2.88 bits per heavy atom. The summed E-state index contributed by atoms with van der Waals surface area (Å²) in [6, 6.07) is 1.46. The summed E-state index contributed by atoms with van der Waals surface area (Å²) in [5.74, 6) is -0.304. The van der Waals surface area contributed by atoms with Crippen LogP contribution in [0.1, 0.15) is 26.5 Å². The van der Waals surface area contributed by atoms with Gasteiger partial charge in [-0.2, -0.15) is 0 Å². The second-order valence-electron chi connectivity index (χ2n) is 3.41. The summed E-state index contributed by atoms with van der Waals surface area (Å²) in [6.45, 7) is 5.75. The van der Waals surface area contributed by atoms with Crippen LogP contribution in [0.2, 0.25) is 0 Å². The Morgan fingerprint density at radius 1 is 1.59 bits per heavy atom. The largest absolute Gasteiger partial charge is 0.465 e. The summed E-state index contributed by atoms with van der Waals surface area (Å²) < 4.78 is 4.88. The number of aromatic nitrogens is 2. The third-order valence-electron chi connectivity index (χ3n) is 2.04. The molecular weight excluding hydrogens is 240 g/mol. The number of carbonyl (C=O) groups excluding carboxylic acids is 1. The van der Waals surface area contributed by atoms with Gasteiger partial charge in [0.05, 0.1) is 6.61 Å². The molecule has 0 aromatic carbocycles. The molecule has 0 spiro atoms. The zero-order chi connectivity index (χ0) is 12.8. The van der Waals surface area contributed by atoms with Crippen molar-refractivity contribution >= 4 is 17.7 Å². The minimum atomic E-state index is -0.384. The first-order valence-electron chi connectivity index (χ1n) is 5.50. The van der Waals surface area contributed by atoms with Crippen LogP contribution in [0.15, 0.2) is 16.0 Å². The van der Waals surface area contributed by atoms with Gasteiger partial charge in [-0.05, 0) is 20.3 Å². The lowest BCUT2D eigenvalue weighted by atomic mass is 10.3. The molecule has 1 aromatic heterocycles. The van der Waals surface area contributed by atoms with Gasteiger partial charge in [0.25, 0.3) is 5.56 Å². The van der Waals surface area contributed by atoms with E-state index in [-0.39, 0.29) is 16.8 Å². The Kier molecular flexibility index (Phi) is 5.21. The molecule has 1 heterocycles. The third-order valence-corrected chi connectivity index (χ3v) is 3.00. The number of esters is 1. The smallest absolute Gasteiger partial charge is 0.319 e. The van der Waals surface area contributed by atoms with E-state index in [1.807, 2.05) is 6.92 Å². The number of nitrogens with zero attached hydrogens (tertiary/aromatic N) is 1. The van der Waals surface area contributed by atoms with Crippen molar-refractivity contribution in [2.45, 2.75) is 37.6 Å². The van der Waals surface area contributed by atoms with E-state index < -0.39 is 0 Å². The van der Waals surface area contributed by atoms with Crippen molar-refractivity contribution in [3.63, 3.8) is 0 Å². The van der Waals surface area contributed by atoms with E-state index in [0.717, 1.165) is 0 Å². The first kappa shape index (κ1) is 13.8. The fraction of sp³-hybridized carbons (Fsp3) is 0.545. The van der Waals surface area contributed by atoms with Gasteiger partial charge in [-0.1, -0.05) is 18.7 Å². The van der Waals surface area contributed by atoms with Crippen LogP contribution in [0.25, 0.3) is 0 Å². The molecule has 0 fully saturated rings. The Morgan fingerprint density at radius 2 is 2.29 bits per heavy atom. The van der Waals surface area contributed by atoms with Gasteiger partial charge in [0.15, 0.2) is 5.16 Å². The molecule has 1 aromatic rings. The Bertz CT molecular complexity index is 445. The van der Waals surface area contributed by atoms with Gasteiger partial charge in [-0.3, -0.25) is 9.59 Å². The van der Waals surface area contributed by atoms with Crippen molar-refractivity contribution < 1.29 is 9.53 Å². The molecule has 0 aliphatic carbocycles. The van der Waals surface area contributed by atoms with E-state index in [4.69, 9.17) is 4.74 Å². The van der Waals surface area contributed by atoms with Crippen LogP contribution in [0.5, 0.6) is 0 Å². The maximum atomic E-state index is 11.4. The molecule has 1 N–H and O–H groups in total. The van der Waals surface area contributed by atoms with Crippen LogP contribution in [0, 0.1) is 0 Å². The van der Waals surface area contributed by atoms with Gasteiger partial charge in [-0.25, -0.2) is 4.98 Å². The number of aryl methyl sites for hydroxylation is 1. The van der Waals surface area contributed by atoms with Crippen LogP contribution < -0.4 is 5.56 Å². The van der Waals surface area contributed by atoms with E-state index >= 15 is 0 Å². The molecule has 6 heteroatoms. The normalized spacial score (nSPS) is 12.2. The fourth-order valence-electron chi connectivity index (χ4n) is 1.20. The molecule has 0 bridgehead atoms. The van der Waals surface area contributed by atoms with Gasteiger partial charge in [0, 0.05) is 11.8 Å². The molecule has 0 saturated carbocycles. The minimum Gasteiger partial charge on any atom is -0.465 e. The van der Waals surface area contributed by atoms with Gasteiger partial charge in [0.1, 0.15) is 5.25 Å². The molecule has 0 amide bonds. The van der Waals surface area contributed by atoms with Crippen molar-refractivity contribution in [3.05, 3.63) is 22.1 Å². The van der Waals surface area contributed by atoms with E-state index in [1.165, 1.54) is 17.8 Å². The highest BCUT2D eigenvalue weighted by Crippen LogP contribution is 2.19. The van der Waals surface area contributed by atoms with Crippen molar-refractivity contribution in [3.8, 4) is 0 Å². The van der Waals surface area contributed by atoms with Crippen molar-refractivity contribution in [1.29, 1.82) is 0 Å². The Hall–Kier alpha value is -1.30. The fourth-order valence-corrected chi connectivity index (χ4v) is 2.02. The van der Waals surface area contributed by atoms with Crippen LogP contribution in [0.4, 0.5) is 0 Å². The topological polar surface area (TPSA) is 72.0 Å². The van der Waals surface area contributed by atoms with E-state index in [1.54, 1.807) is 13.8 Å². The predicted octanol–water partition coefficient (Wildman–Crippen LogP) is 1.38. The number of ether oxygens (including phenoxy) is 1. The van der Waals surface area contributed by atoms with Crippen LogP contribution in [-0.4, -0.2) is 27.8 Å². The zero-order valence-electron chi connectivity index (χ0n) is 10.1. The maximum Gasteiger partial charge on any atom is 0.319 e. The molecule has 0 aliphatic rings. The summed E-state index contributed by atoms with van der Waals surface area (Å²) in [5, 5.41) is 0.0695. The Labute approximate surface area is 104 Å². The first-order chi connectivity index (χ1) is 8.06. The molecule has 1 rings (SSSR count). The average molecular weight is 256 g/mol. The molecule has 5 nitrogen and oxygen atoms in total. The highest BCUT2D eigenvalue weighted by atomic mass is 32.2.